The third-order valence-corrected chi connectivity index (χ3v) is 5.20. The van der Waals surface area contributed by atoms with Crippen molar-refractivity contribution in [3.05, 3.63) is 24.3 Å². The number of aliphatic carboxylic acids is 1. The normalized spacial score (nSPS) is 24.0. The lowest BCUT2D eigenvalue weighted by molar-refractivity contribution is -0.143. The van der Waals surface area contributed by atoms with Gasteiger partial charge in [-0.05, 0) is 56.7 Å². The van der Waals surface area contributed by atoms with Crippen LogP contribution in [0.2, 0.25) is 0 Å². The first-order valence-electron chi connectivity index (χ1n) is 8.98. The van der Waals surface area contributed by atoms with E-state index in [9.17, 15) is 14.4 Å². The van der Waals surface area contributed by atoms with E-state index < -0.39 is 5.97 Å². The number of anilines is 2. The molecule has 1 aromatic rings. The maximum absolute atomic E-state index is 12.5. The van der Waals surface area contributed by atoms with Gasteiger partial charge in [0.2, 0.25) is 11.8 Å². The number of benzene rings is 1. The summed E-state index contributed by atoms with van der Waals surface area (Å²) in [6.07, 6.45) is 4.81. The van der Waals surface area contributed by atoms with E-state index in [1.54, 1.807) is 4.90 Å². The highest BCUT2D eigenvalue weighted by Gasteiger charge is 2.29. The molecule has 0 aromatic heterocycles. The average Bonchev–Trinajstić information content (AvgIpc) is 2.62. The fourth-order valence-corrected chi connectivity index (χ4v) is 3.68. The summed E-state index contributed by atoms with van der Waals surface area (Å²) in [5.41, 5.74) is 1.50. The minimum atomic E-state index is -0.766. The van der Waals surface area contributed by atoms with Gasteiger partial charge in [0, 0.05) is 30.3 Å². The molecule has 0 spiro atoms. The van der Waals surface area contributed by atoms with Gasteiger partial charge in [0.1, 0.15) is 0 Å². The molecule has 134 valence electrons. The highest BCUT2D eigenvalue weighted by molar-refractivity contribution is 5.96. The van der Waals surface area contributed by atoms with Crippen LogP contribution in [0.25, 0.3) is 0 Å². The summed E-state index contributed by atoms with van der Waals surface area (Å²) < 4.78 is 0. The van der Waals surface area contributed by atoms with E-state index in [1.165, 1.54) is 0 Å². The van der Waals surface area contributed by atoms with Gasteiger partial charge in [0.15, 0.2) is 0 Å². The van der Waals surface area contributed by atoms with Gasteiger partial charge in [-0.3, -0.25) is 14.4 Å². The Labute approximate surface area is 147 Å². The van der Waals surface area contributed by atoms with E-state index in [4.69, 9.17) is 5.11 Å². The fraction of sp³-hybridized carbons (Fsp3) is 0.526. The molecule has 1 saturated carbocycles. The number of carbonyl (C=O) groups is 3. The van der Waals surface area contributed by atoms with Crippen LogP contribution in [0, 0.1) is 11.8 Å². The van der Waals surface area contributed by atoms with Crippen molar-refractivity contribution in [1.29, 1.82) is 0 Å². The molecule has 1 heterocycles. The molecule has 0 atom stereocenters. The summed E-state index contributed by atoms with van der Waals surface area (Å²) >= 11 is 0. The van der Waals surface area contributed by atoms with Gasteiger partial charge < -0.3 is 15.3 Å². The van der Waals surface area contributed by atoms with Crippen LogP contribution in [0.15, 0.2) is 24.3 Å². The largest absolute Gasteiger partial charge is 0.481 e. The van der Waals surface area contributed by atoms with E-state index in [-0.39, 0.29) is 23.7 Å². The zero-order valence-corrected chi connectivity index (χ0v) is 14.2. The first-order valence-corrected chi connectivity index (χ1v) is 8.98. The van der Waals surface area contributed by atoms with Crippen LogP contribution >= 0.6 is 0 Å². The number of piperidine rings is 1. The van der Waals surface area contributed by atoms with E-state index in [0.29, 0.717) is 37.8 Å². The Morgan fingerprint density at radius 2 is 1.80 bits per heavy atom. The number of carboxylic acids is 1. The smallest absolute Gasteiger partial charge is 0.306 e. The number of rotatable bonds is 4. The predicted octanol–water partition coefficient (Wildman–Crippen LogP) is 3.03. The topological polar surface area (TPSA) is 86.7 Å². The molecule has 25 heavy (non-hydrogen) atoms. The molecule has 6 heteroatoms. The standard InChI is InChI=1S/C19H24N2O4/c22-17-6-1-2-11-21(17)16-5-3-4-15(12-16)20-18(23)13-7-9-14(10-8-13)19(24)25/h3-5,12-14H,1-2,6-11H2,(H,20,23)(H,24,25). The van der Waals surface area contributed by atoms with E-state index >= 15 is 0 Å². The van der Waals surface area contributed by atoms with Crippen molar-refractivity contribution in [1.82, 2.24) is 0 Å². The first-order chi connectivity index (χ1) is 12.0. The first kappa shape index (κ1) is 17.5. The van der Waals surface area contributed by atoms with Crippen molar-refractivity contribution in [2.75, 3.05) is 16.8 Å². The highest BCUT2D eigenvalue weighted by Crippen LogP contribution is 2.30. The Morgan fingerprint density at radius 3 is 2.48 bits per heavy atom. The van der Waals surface area contributed by atoms with Gasteiger partial charge in [-0.1, -0.05) is 6.07 Å². The summed E-state index contributed by atoms with van der Waals surface area (Å²) in [5.74, 6) is -1.17. The maximum Gasteiger partial charge on any atom is 0.306 e. The number of hydrogen-bond donors (Lipinski definition) is 2. The monoisotopic (exact) mass is 344 g/mol. The van der Waals surface area contributed by atoms with Gasteiger partial charge in [0.25, 0.3) is 0 Å². The summed E-state index contributed by atoms with van der Waals surface area (Å²) in [4.78, 5) is 37.3. The van der Waals surface area contributed by atoms with Gasteiger partial charge in [-0.15, -0.1) is 0 Å². The molecule has 2 fully saturated rings. The zero-order valence-electron chi connectivity index (χ0n) is 14.2. The third-order valence-electron chi connectivity index (χ3n) is 5.20. The van der Waals surface area contributed by atoms with Crippen LogP contribution in [-0.2, 0) is 14.4 Å². The Bertz CT molecular complexity index is 665. The zero-order chi connectivity index (χ0) is 17.8. The molecule has 1 aliphatic heterocycles. The van der Waals surface area contributed by atoms with Crippen molar-refractivity contribution in [2.24, 2.45) is 11.8 Å². The van der Waals surface area contributed by atoms with Crippen LogP contribution < -0.4 is 10.2 Å². The molecule has 0 radical (unpaired) electrons. The second-order valence-electron chi connectivity index (χ2n) is 6.93. The fourth-order valence-electron chi connectivity index (χ4n) is 3.68. The minimum Gasteiger partial charge on any atom is -0.481 e. The molecule has 2 aliphatic rings. The predicted molar refractivity (Wildman–Crippen MR) is 94.4 cm³/mol. The molecule has 1 aliphatic carbocycles. The number of nitrogens with zero attached hydrogens (tertiary/aromatic N) is 1. The molecule has 0 bridgehead atoms. The van der Waals surface area contributed by atoms with Gasteiger partial charge in [-0.25, -0.2) is 0 Å². The van der Waals surface area contributed by atoms with Crippen LogP contribution in [0.3, 0.4) is 0 Å². The van der Waals surface area contributed by atoms with E-state index in [2.05, 4.69) is 5.32 Å². The lowest BCUT2D eigenvalue weighted by Crippen LogP contribution is -2.35. The van der Waals surface area contributed by atoms with E-state index in [0.717, 1.165) is 25.1 Å². The van der Waals surface area contributed by atoms with Gasteiger partial charge in [0.05, 0.1) is 5.92 Å². The molecule has 2 N–H and O–H groups in total. The Hall–Kier alpha value is -2.37. The van der Waals surface area contributed by atoms with Crippen LogP contribution in [0.4, 0.5) is 11.4 Å². The number of nitrogens with one attached hydrogen (secondary N) is 1. The lowest BCUT2D eigenvalue weighted by Gasteiger charge is -2.27. The molecule has 6 nitrogen and oxygen atoms in total. The number of carboxylic acid groups (broad SMARTS) is 1. The molecule has 1 saturated heterocycles. The summed E-state index contributed by atoms with van der Waals surface area (Å²) in [7, 11) is 0. The Morgan fingerprint density at radius 1 is 1.08 bits per heavy atom. The molecule has 3 rings (SSSR count). The maximum atomic E-state index is 12.5. The van der Waals surface area contributed by atoms with Gasteiger partial charge in [-0.2, -0.15) is 0 Å². The highest BCUT2D eigenvalue weighted by atomic mass is 16.4. The van der Waals surface area contributed by atoms with Crippen molar-refractivity contribution in [3.63, 3.8) is 0 Å². The van der Waals surface area contributed by atoms with Gasteiger partial charge >= 0.3 is 5.97 Å². The van der Waals surface area contributed by atoms with Crippen molar-refractivity contribution in [3.8, 4) is 0 Å². The number of amides is 2. The quantitative estimate of drug-likeness (QED) is 0.879. The van der Waals surface area contributed by atoms with E-state index in [1.807, 2.05) is 24.3 Å². The third kappa shape index (κ3) is 4.18. The van der Waals surface area contributed by atoms with Crippen LogP contribution in [-0.4, -0.2) is 29.4 Å². The summed E-state index contributed by atoms with van der Waals surface area (Å²) in [6.45, 7) is 0.718. The minimum absolute atomic E-state index is 0.0639. The second-order valence-corrected chi connectivity index (χ2v) is 6.93. The van der Waals surface area contributed by atoms with Crippen molar-refractivity contribution >= 4 is 29.2 Å². The molecular weight excluding hydrogens is 320 g/mol. The van der Waals surface area contributed by atoms with Crippen molar-refractivity contribution in [2.45, 2.75) is 44.9 Å². The summed E-state index contributed by atoms with van der Waals surface area (Å²) in [6, 6.07) is 7.38. The van der Waals surface area contributed by atoms with Crippen molar-refractivity contribution < 1.29 is 19.5 Å². The lowest BCUT2D eigenvalue weighted by atomic mass is 9.81. The SMILES string of the molecule is O=C(O)C1CCC(C(=O)Nc2cccc(N3CCCCC3=O)c2)CC1. The van der Waals surface area contributed by atoms with Crippen LogP contribution in [0.5, 0.6) is 0 Å². The number of hydrogen-bond acceptors (Lipinski definition) is 3. The second kappa shape index (κ2) is 7.68. The molecule has 2 amide bonds. The summed E-state index contributed by atoms with van der Waals surface area (Å²) in [5, 5.41) is 12.0. The average molecular weight is 344 g/mol. The Kier molecular flexibility index (Phi) is 5.36. The number of carbonyl (C=O) groups excluding carboxylic acids is 2. The molecule has 0 unspecified atom stereocenters. The molecule has 1 aromatic carbocycles. The molecular formula is C19H24N2O4. The Balaban J connectivity index is 1.61. The van der Waals surface area contributed by atoms with Crippen LogP contribution in [0.1, 0.15) is 44.9 Å².